The van der Waals surface area contributed by atoms with Crippen molar-refractivity contribution in [2.24, 2.45) is 0 Å². The molecular formula is C15H25NO2. The van der Waals surface area contributed by atoms with Gasteiger partial charge in [-0.05, 0) is 36.6 Å². The third-order valence-corrected chi connectivity index (χ3v) is 3.65. The van der Waals surface area contributed by atoms with E-state index in [9.17, 15) is 5.11 Å². The molecule has 1 aromatic rings. The van der Waals surface area contributed by atoms with Gasteiger partial charge < -0.3 is 15.2 Å². The van der Waals surface area contributed by atoms with E-state index < -0.39 is 6.10 Å². The van der Waals surface area contributed by atoms with Crippen LogP contribution in [0, 0.1) is 0 Å². The number of ether oxygens (including phenoxy) is 1. The van der Waals surface area contributed by atoms with Crippen molar-refractivity contribution in [1.82, 2.24) is 5.32 Å². The van der Waals surface area contributed by atoms with Gasteiger partial charge >= 0.3 is 0 Å². The van der Waals surface area contributed by atoms with Crippen LogP contribution < -0.4 is 10.1 Å². The average molecular weight is 251 g/mol. The van der Waals surface area contributed by atoms with E-state index in [2.05, 4.69) is 38.2 Å². The fourth-order valence-electron chi connectivity index (χ4n) is 1.92. The third kappa shape index (κ3) is 3.24. The molecule has 0 saturated carbocycles. The van der Waals surface area contributed by atoms with E-state index in [1.807, 2.05) is 13.1 Å². The zero-order chi connectivity index (χ0) is 13.8. The minimum Gasteiger partial charge on any atom is -0.496 e. The lowest BCUT2D eigenvalue weighted by atomic mass is 9.81. The first-order valence-corrected chi connectivity index (χ1v) is 6.47. The quantitative estimate of drug-likeness (QED) is 0.816. The van der Waals surface area contributed by atoms with Gasteiger partial charge in [0, 0.05) is 12.1 Å². The van der Waals surface area contributed by atoms with Gasteiger partial charge in [0.1, 0.15) is 5.75 Å². The van der Waals surface area contributed by atoms with Crippen molar-refractivity contribution in [3.8, 4) is 5.75 Å². The molecule has 0 radical (unpaired) electrons. The topological polar surface area (TPSA) is 41.5 Å². The Labute approximate surface area is 110 Å². The molecule has 3 heteroatoms. The molecule has 1 aromatic carbocycles. The summed E-state index contributed by atoms with van der Waals surface area (Å²) in [5, 5.41) is 13.1. The number of aliphatic hydroxyl groups excluding tert-OH is 1. The second-order valence-electron chi connectivity index (χ2n) is 5.27. The summed E-state index contributed by atoms with van der Waals surface area (Å²) in [6.45, 7) is 7.12. The number of likely N-dealkylation sites (N-methyl/N-ethyl adjacent to an activating group) is 1. The van der Waals surface area contributed by atoms with Crippen LogP contribution in [0.2, 0.25) is 0 Å². The third-order valence-electron chi connectivity index (χ3n) is 3.65. The van der Waals surface area contributed by atoms with Crippen molar-refractivity contribution in [2.75, 3.05) is 20.7 Å². The van der Waals surface area contributed by atoms with E-state index in [0.29, 0.717) is 6.54 Å². The second kappa shape index (κ2) is 6.21. The van der Waals surface area contributed by atoms with E-state index in [1.165, 1.54) is 5.56 Å². The smallest absolute Gasteiger partial charge is 0.124 e. The second-order valence-corrected chi connectivity index (χ2v) is 5.27. The average Bonchev–Trinajstić information content (AvgIpc) is 2.38. The lowest BCUT2D eigenvalue weighted by Crippen LogP contribution is -2.20. The molecule has 1 atom stereocenters. The highest BCUT2D eigenvalue weighted by atomic mass is 16.5. The normalized spacial score (nSPS) is 13.4. The van der Waals surface area contributed by atoms with E-state index in [4.69, 9.17) is 4.74 Å². The predicted molar refractivity (Wildman–Crippen MR) is 75.2 cm³/mol. The molecule has 3 nitrogen and oxygen atoms in total. The van der Waals surface area contributed by atoms with Crippen LogP contribution >= 0.6 is 0 Å². The van der Waals surface area contributed by atoms with Gasteiger partial charge in [-0.2, -0.15) is 0 Å². The molecule has 2 N–H and O–H groups in total. The van der Waals surface area contributed by atoms with Gasteiger partial charge in [0.05, 0.1) is 13.2 Å². The van der Waals surface area contributed by atoms with E-state index >= 15 is 0 Å². The largest absolute Gasteiger partial charge is 0.496 e. The van der Waals surface area contributed by atoms with Crippen molar-refractivity contribution in [3.05, 3.63) is 29.3 Å². The Morgan fingerprint density at radius 3 is 2.56 bits per heavy atom. The van der Waals surface area contributed by atoms with Gasteiger partial charge in [-0.25, -0.2) is 0 Å². The predicted octanol–water partition coefficient (Wildman–Crippen LogP) is 2.64. The molecule has 18 heavy (non-hydrogen) atoms. The Hall–Kier alpha value is -1.06. The molecule has 0 aromatic heterocycles. The zero-order valence-corrected chi connectivity index (χ0v) is 12.1. The van der Waals surface area contributed by atoms with Crippen molar-refractivity contribution in [1.29, 1.82) is 0 Å². The molecule has 0 fully saturated rings. The van der Waals surface area contributed by atoms with Crippen molar-refractivity contribution >= 4 is 0 Å². The Morgan fingerprint density at radius 1 is 1.39 bits per heavy atom. The van der Waals surface area contributed by atoms with Crippen LogP contribution in [0.25, 0.3) is 0 Å². The van der Waals surface area contributed by atoms with Crippen molar-refractivity contribution < 1.29 is 9.84 Å². The Morgan fingerprint density at radius 2 is 2.06 bits per heavy atom. The van der Waals surface area contributed by atoms with Crippen LogP contribution in [-0.2, 0) is 5.41 Å². The highest BCUT2D eigenvalue weighted by molar-refractivity contribution is 5.41. The molecular weight excluding hydrogens is 226 g/mol. The van der Waals surface area contributed by atoms with E-state index in [1.54, 1.807) is 7.11 Å². The molecule has 1 unspecified atom stereocenters. The van der Waals surface area contributed by atoms with Crippen LogP contribution in [-0.4, -0.2) is 25.8 Å². The molecule has 0 aliphatic carbocycles. The van der Waals surface area contributed by atoms with Gasteiger partial charge in [0.2, 0.25) is 0 Å². The number of hydrogen-bond donors (Lipinski definition) is 2. The molecule has 0 spiro atoms. The maximum absolute atomic E-state index is 10.2. The Bertz CT molecular complexity index is 388. The maximum Gasteiger partial charge on any atom is 0.124 e. The van der Waals surface area contributed by atoms with Crippen LogP contribution in [0.4, 0.5) is 0 Å². The summed E-state index contributed by atoms with van der Waals surface area (Å²) in [5.74, 6) is 0.744. The highest BCUT2D eigenvalue weighted by Gasteiger charge is 2.21. The summed E-state index contributed by atoms with van der Waals surface area (Å²) in [6.07, 6.45) is 0.513. The van der Waals surface area contributed by atoms with Gasteiger partial charge in [0.25, 0.3) is 0 Å². The molecule has 0 aliphatic heterocycles. The van der Waals surface area contributed by atoms with Gasteiger partial charge in [-0.15, -0.1) is 0 Å². The minimum absolute atomic E-state index is 0.111. The first-order chi connectivity index (χ1) is 8.46. The maximum atomic E-state index is 10.2. The Balaban J connectivity index is 3.17. The number of benzene rings is 1. The van der Waals surface area contributed by atoms with Gasteiger partial charge in [-0.1, -0.05) is 26.8 Å². The van der Waals surface area contributed by atoms with Crippen LogP contribution in [0.1, 0.15) is 44.4 Å². The first kappa shape index (κ1) is 15.0. The van der Waals surface area contributed by atoms with Crippen LogP contribution in [0.5, 0.6) is 5.75 Å². The highest BCUT2D eigenvalue weighted by Crippen LogP contribution is 2.33. The van der Waals surface area contributed by atoms with E-state index in [0.717, 1.165) is 17.7 Å². The van der Waals surface area contributed by atoms with Crippen molar-refractivity contribution in [2.45, 2.75) is 38.7 Å². The molecule has 1 rings (SSSR count). The summed E-state index contributed by atoms with van der Waals surface area (Å²) in [7, 11) is 3.46. The number of rotatable bonds is 6. The summed E-state index contributed by atoms with van der Waals surface area (Å²) >= 11 is 0. The Kier molecular flexibility index (Phi) is 5.17. The minimum atomic E-state index is -0.544. The number of hydrogen-bond acceptors (Lipinski definition) is 3. The van der Waals surface area contributed by atoms with Crippen molar-refractivity contribution in [3.63, 3.8) is 0 Å². The van der Waals surface area contributed by atoms with E-state index in [-0.39, 0.29) is 5.41 Å². The fraction of sp³-hybridized carbons (Fsp3) is 0.600. The summed E-state index contributed by atoms with van der Waals surface area (Å²) in [4.78, 5) is 0. The standard InChI is InChI=1S/C15H25NO2/c1-6-15(2,3)11-7-8-14(18-5)12(9-11)13(17)10-16-4/h7-9,13,16-17H,6,10H2,1-5H3. The zero-order valence-electron chi connectivity index (χ0n) is 12.1. The first-order valence-electron chi connectivity index (χ1n) is 6.47. The van der Waals surface area contributed by atoms with Crippen LogP contribution in [0.15, 0.2) is 18.2 Å². The van der Waals surface area contributed by atoms with Gasteiger partial charge in [-0.3, -0.25) is 0 Å². The lowest BCUT2D eigenvalue weighted by molar-refractivity contribution is 0.173. The lowest BCUT2D eigenvalue weighted by Gasteiger charge is -2.25. The molecule has 0 aliphatic rings. The SMILES string of the molecule is CCC(C)(C)c1ccc(OC)c(C(O)CNC)c1. The molecule has 0 saturated heterocycles. The molecule has 0 bridgehead atoms. The summed E-state index contributed by atoms with van der Waals surface area (Å²) in [5.41, 5.74) is 2.20. The number of methoxy groups -OCH3 is 1. The molecule has 102 valence electrons. The molecule has 0 heterocycles. The monoisotopic (exact) mass is 251 g/mol. The van der Waals surface area contributed by atoms with Gasteiger partial charge in [0.15, 0.2) is 0 Å². The molecule has 0 amide bonds. The number of aliphatic hydroxyl groups is 1. The summed E-state index contributed by atoms with van der Waals surface area (Å²) in [6, 6.07) is 6.09. The van der Waals surface area contributed by atoms with Crippen LogP contribution in [0.3, 0.4) is 0 Å². The number of nitrogens with one attached hydrogen (secondary N) is 1. The summed E-state index contributed by atoms with van der Waals surface area (Å²) < 4.78 is 5.33. The fourth-order valence-corrected chi connectivity index (χ4v) is 1.92.